The second-order valence-electron chi connectivity index (χ2n) is 5.29. The van der Waals surface area contributed by atoms with Crippen LogP contribution in [0.1, 0.15) is 12.0 Å². The van der Waals surface area contributed by atoms with Crippen LogP contribution in [0.5, 0.6) is 0 Å². The number of thioether (sulfide) groups is 1. The van der Waals surface area contributed by atoms with Crippen molar-refractivity contribution in [1.82, 2.24) is 9.80 Å². The maximum Gasteiger partial charge on any atom is 0.306 e. The van der Waals surface area contributed by atoms with E-state index >= 15 is 0 Å². The molecular weight excluding hydrogens is 284 g/mol. The smallest absolute Gasteiger partial charge is 0.306 e. The van der Waals surface area contributed by atoms with Gasteiger partial charge in [0.05, 0.1) is 13.5 Å². The van der Waals surface area contributed by atoms with Gasteiger partial charge in [0.1, 0.15) is 0 Å². The van der Waals surface area contributed by atoms with Gasteiger partial charge in [-0.1, -0.05) is 12.1 Å². The van der Waals surface area contributed by atoms with Crippen LogP contribution in [0.3, 0.4) is 0 Å². The van der Waals surface area contributed by atoms with Crippen molar-refractivity contribution in [3.05, 3.63) is 29.8 Å². The molecule has 0 amide bonds. The summed E-state index contributed by atoms with van der Waals surface area (Å²) in [6.45, 7) is 6.00. The average Bonchev–Trinajstić information content (AvgIpc) is 2.54. The maximum atomic E-state index is 11.2. The second kappa shape index (κ2) is 8.41. The van der Waals surface area contributed by atoms with E-state index < -0.39 is 0 Å². The summed E-state index contributed by atoms with van der Waals surface area (Å²) in [6.07, 6.45) is 2.59. The van der Waals surface area contributed by atoms with Gasteiger partial charge < -0.3 is 9.64 Å². The number of carbonyl (C=O) groups excluding carboxylic acids is 1. The van der Waals surface area contributed by atoms with Crippen molar-refractivity contribution < 1.29 is 9.53 Å². The van der Waals surface area contributed by atoms with E-state index in [0.717, 1.165) is 39.3 Å². The largest absolute Gasteiger partial charge is 0.469 e. The van der Waals surface area contributed by atoms with Crippen molar-refractivity contribution >= 4 is 17.7 Å². The topological polar surface area (TPSA) is 32.8 Å². The van der Waals surface area contributed by atoms with Crippen LogP contribution >= 0.6 is 11.8 Å². The minimum Gasteiger partial charge on any atom is -0.469 e. The maximum absolute atomic E-state index is 11.2. The van der Waals surface area contributed by atoms with Crippen molar-refractivity contribution in [2.45, 2.75) is 17.9 Å². The SMILES string of the molecule is COC(=O)CCN1CCN(Cc2ccc(SC)cc2)CC1. The molecule has 0 atom stereocenters. The zero-order valence-electron chi connectivity index (χ0n) is 12.9. The Bertz CT molecular complexity index is 442. The fraction of sp³-hybridized carbons (Fsp3) is 0.562. The molecule has 1 aliphatic rings. The Morgan fingerprint density at radius 1 is 1.14 bits per heavy atom. The van der Waals surface area contributed by atoms with Gasteiger partial charge in [-0.15, -0.1) is 11.8 Å². The van der Waals surface area contributed by atoms with Gasteiger partial charge in [0.15, 0.2) is 0 Å². The van der Waals surface area contributed by atoms with Gasteiger partial charge in [0, 0.05) is 44.2 Å². The summed E-state index contributed by atoms with van der Waals surface area (Å²) < 4.78 is 4.68. The highest BCUT2D eigenvalue weighted by molar-refractivity contribution is 7.98. The zero-order chi connectivity index (χ0) is 15.1. The molecule has 0 aromatic heterocycles. The molecule has 0 spiro atoms. The number of methoxy groups -OCH3 is 1. The van der Waals surface area contributed by atoms with Crippen LogP contribution in [-0.2, 0) is 16.1 Å². The molecule has 2 rings (SSSR count). The number of ether oxygens (including phenoxy) is 1. The van der Waals surface area contributed by atoms with Gasteiger partial charge in [-0.2, -0.15) is 0 Å². The number of hydrogen-bond donors (Lipinski definition) is 0. The van der Waals surface area contributed by atoms with E-state index in [2.05, 4.69) is 45.1 Å². The van der Waals surface area contributed by atoms with E-state index in [-0.39, 0.29) is 5.97 Å². The summed E-state index contributed by atoms with van der Waals surface area (Å²) in [5.41, 5.74) is 1.37. The molecule has 1 heterocycles. The summed E-state index contributed by atoms with van der Waals surface area (Å²) in [5.74, 6) is -0.119. The van der Waals surface area contributed by atoms with Crippen LogP contribution in [0, 0.1) is 0 Å². The Morgan fingerprint density at radius 2 is 1.76 bits per heavy atom. The van der Waals surface area contributed by atoms with Crippen molar-refractivity contribution in [2.24, 2.45) is 0 Å². The predicted octanol–water partition coefficient (Wildman–Crippen LogP) is 2.09. The molecule has 116 valence electrons. The Labute approximate surface area is 131 Å². The molecule has 0 N–H and O–H groups in total. The number of rotatable bonds is 6. The minimum atomic E-state index is -0.119. The summed E-state index contributed by atoms with van der Waals surface area (Å²) in [4.78, 5) is 17.3. The molecule has 0 radical (unpaired) electrons. The fourth-order valence-corrected chi connectivity index (χ4v) is 2.92. The Morgan fingerprint density at radius 3 is 2.33 bits per heavy atom. The quantitative estimate of drug-likeness (QED) is 0.593. The van der Waals surface area contributed by atoms with Crippen LogP contribution in [0.15, 0.2) is 29.2 Å². The lowest BCUT2D eigenvalue weighted by atomic mass is 10.2. The molecule has 0 bridgehead atoms. The van der Waals surface area contributed by atoms with Gasteiger partial charge in [0.25, 0.3) is 0 Å². The zero-order valence-corrected chi connectivity index (χ0v) is 13.7. The van der Waals surface area contributed by atoms with Crippen molar-refractivity contribution in [3.8, 4) is 0 Å². The summed E-state index contributed by atoms with van der Waals surface area (Å²) in [7, 11) is 1.45. The molecule has 0 unspecified atom stereocenters. The lowest BCUT2D eigenvalue weighted by molar-refractivity contribution is -0.141. The van der Waals surface area contributed by atoms with E-state index in [0.29, 0.717) is 6.42 Å². The van der Waals surface area contributed by atoms with E-state index in [1.165, 1.54) is 17.6 Å². The van der Waals surface area contributed by atoms with Crippen molar-refractivity contribution in [2.75, 3.05) is 46.1 Å². The normalized spacial score (nSPS) is 16.9. The number of carbonyl (C=O) groups is 1. The lowest BCUT2D eigenvalue weighted by Gasteiger charge is -2.34. The Hall–Kier alpha value is -1.04. The molecule has 0 aliphatic carbocycles. The fourth-order valence-electron chi connectivity index (χ4n) is 2.51. The molecule has 4 nitrogen and oxygen atoms in total. The highest BCUT2D eigenvalue weighted by Gasteiger charge is 2.17. The molecule has 1 aliphatic heterocycles. The number of nitrogens with zero attached hydrogens (tertiary/aromatic N) is 2. The number of hydrogen-bond acceptors (Lipinski definition) is 5. The van der Waals surface area contributed by atoms with E-state index in [1.807, 2.05) is 0 Å². The number of benzene rings is 1. The minimum absolute atomic E-state index is 0.119. The van der Waals surface area contributed by atoms with Gasteiger partial charge >= 0.3 is 5.97 Å². The summed E-state index contributed by atoms with van der Waals surface area (Å²) in [6, 6.07) is 8.81. The van der Waals surface area contributed by atoms with Crippen LogP contribution in [0.25, 0.3) is 0 Å². The Balaban J connectivity index is 1.72. The van der Waals surface area contributed by atoms with Crippen molar-refractivity contribution in [1.29, 1.82) is 0 Å². The molecule has 1 saturated heterocycles. The average molecular weight is 308 g/mol. The summed E-state index contributed by atoms with van der Waals surface area (Å²) in [5, 5.41) is 0. The standard InChI is InChI=1S/C16H24N2O2S/c1-20-16(19)7-8-17-9-11-18(12-10-17)13-14-3-5-15(21-2)6-4-14/h3-6H,7-13H2,1-2H3. The highest BCUT2D eigenvalue weighted by Crippen LogP contribution is 2.16. The van der Waals surface area contributed by atoms with Gasteiger partial charge in [-0.3, -0.25) is 9.69 Å². The molecule has 1 aromatic carbocycles. The number of esters is 1. The lowest BCUT2D eigenvalue weighted by Crippen LogP contribution is -2.46. The third-order valence-corrected chi connectivity index (χ3v) is 4.63. The predicted molar refractivity (Wildman–Crippen MR) is 86.6 cm³/mol. The number of piperazine rings is 1. The van der Waals surface area contributed by atoms with E-state index in [4.69, 9.17) is 0 Å². The van der Waals surface area contributed by atoms with E-state index in [1.54, 1.807) is 11.8 Å². The van der Waals surface area contributed by atoms with Gasteiger partial charge in [-0.05, 0) is 24.0 Å². The first-order chi connectivity index (χ1) is 10.2. The van der Waals surface area contributed by atoms with Crippen LogP contribution in [0.2, 0.25) is 0 Å². The third-order valence-electron chi connectivity index (χ3n) is 3.89. The molecule has 5 heteroatoms. The summed E-state index contributed by atoms with van der Waals surface area (Å²) >= 11 is 1.78. The monoisotopic (exact) mass is 308 g/mol. The Kier molecular flexibility index (Phi) is 6.54. The van der Waals surface area contributed by atoms with Crippen molar-refractivity contribution in [3.63, 3.8) is 0 Å². The first kappa shape index (κ1) is 16.3. The van der Waals surface area contributed by atoms with Crippen LogP contribution < -0.4 is 0 Å². The third kappa shape index (κ3) is 5.34. The first-order valence-electron chi connectivity index (χ1n) is 7.35. The van der Waals surface area contributed by atoms with Crippen LogP contribution in [0.4, 0.5) is 0 Å². The second-order valence-corrected chi connectivity index (χ2v) is 6.17. The molecule has 1 aromatic rings. The molecule has 0 saturated carbocycles. The molecular formula is C16H24N2O2S. The van der Waals surface area contributed by atoms with Gasteiger partial charge in [-0.25, -0.2) is 0 Å². The molecule has 21 heavy (non-hydrogen) atoms. The molecule has 1 fully saturated rings. The van der Waals surface area contributed by atoms with E-state index in [9.17, 15) is 4.79 Å². The van der Waals surface area contributed by atoms with Gasteiger partial charge in [0.2, 0.25) is 0 Å². The first-order valence-corrected chi connectivity index (χ1v) is 8.58. The highest BCUT2D eigenvalue weighted by atomic mass is 32.2. The van der Waals surface area contributed by atoms with Crippen LogP contribution in [-0.4, -0.2) is 61.9 Å².